The van der Waals surface area contributed by atoms with Crippen LogP contribution in [-0.4, -0.2) is 63.3 Å². The minimum absolute atomic E-state index is 0.00153. The van der Waals surface area contributed by atoms with Gasteiger partial charge in [-0.15, -0.1) is 0 Å². The predicted molar refractivity (Wildman–Crippen MR) is 127 cm³/mol. The van der Waals surface area contributed by atoms with Crippen LogP contribution < -0.4 is 10.6 Å². The molecule has 0 aliphatic carbocycles. The number of hydrogen-bond donors (Lipinski definition) is 3. The van der Waals surface area contributed by atoms with E-state index in [9.17, 15) is 19.5 Å². The van der Waals surface area contributed by atoms with Crippen molar-refractivity contribution in [2.24, 2.45) is 0 Å². The Labute approximate surface area is 197 Å². The van der Waals surface area contributed by atoms with Gasteiger partial charge in [0.1, 0.15) is 18.7 Å². The maximum atomic E-state index is 12.8. The number of nitrogens with one attached hydrogen (secondary N) is 2. The molecular weight excluding hydrogens is 444 g/mol. The van der Waals surface area contributed by atoms with Crippen LogP contribution in [0.3, 0.4) is 0 Å². The summed E-state index contributed by atoms with van der Waals surface area (Å²) < 4.78 is 16.0. The van der Waals surface area contributed by atoms with Crippen LogP contribution in [0.1, 0.15) is 39.7 Å². The fraction of sp³-hybridized carbons (Fsp3) is 0.609. The van der Waals surface area contributed by atoms with Crippen molar-refractivity contribution in [2.75, 3.05) is 13.7 Å². The summed E-state index contributed by atoms with van der Waals surface area (Å²) in [6.07, 6.45) is -1.90. The minimum Gasteiger partial charge on any atom is -0.467 e. The first kappa shape index (κ1) is 28.6. The van der Waals surface area contributed by atoms with E-state index in [-0.39, 0.29) is 24.7 Å². The molecule has 1 aromatic carbocycles. The highest BCUT2D eigenvalue weighted by Crippen LogP contribution is 2.36. The summed E-state index contributed by atoms with van der Waals surface area (Å²) in [5, 5.41) is 14.9. The molecule has 0 fully saturated rings. The van der Waals surface area contributed by atoms with E-state index >= 15 is 0 Å². The third-order valence-electron chi connectivity index (χ3n) is 5.73. The van der Waals surface area contributed by atoms with Crippen LogP contribution in [0.4, 0.5) is 4.79 Å². The van der Waals surface area contributed by atoms with Gasteiger partial charge in [0, 0.05) is 13.0 Å². The zero-order chi connectivity index (χ0) is 25.2. The number of rotatable bonds is 11. The van der Waals surface area contributed by atoms with Crippen molar-refractivity contribution < 1.29 is 33.4 Å². The molecule has 0 radical (unpaired) electrons. The maximum absolute atomic E-state index is 12.8. The smallest absolute Gasteiger partial charge is 0.408 e. The predicted octanol–water partition coefficient (Wildman–Crippen LogP) is 2.73. The number of hydrogen-bond acceptors (Lipinski definition) is 7. The summed E-state index contributed by atoms with van der Waals surface area (Å²) in [7, 11) is -0.810. The second-order valence-corrected chi connectivity index (χ2v) is 14.2. The summed E-state index contributed by atoms with van der Waals surface area (Å²) in [5.74, 6) is -1.37. The Hall–Kier alpha value is -2.43. The number of carbonyl (C=O) groups excluding carboxylic acids is 3. The number of carbonyl (C=O) groups is 3. The minimum atomic E-state index is -2.03. The highest BCUT2D eigenvalue weighted by atomic mass is 28.4. The van der Waals surface area contributed by atoms with E-state index in [1.54, 1.807) is 12.1 Å². The number of aliphatic hydroxyl groups is 1. The van der Waals surface area contributed by atoms with E-state index in [1.807, 2.05) is 18.2 Å². The Balaban J connectivity index is 2.72. The van der Waals surface area contributed by atoms with Gasteiger partial charge in [0.2, 0.25) is 5.91 Å². The molecule has 1 aromatic rings. The lowest BCUT2D eigenvalue weighted by Crippen LogP contribution is -2.56. The average Bonchev–Trinajstić information content (AvgIpc) is 2.74. The van der Waals surface area contributed by atoms with Crippen LogP contribution in [0.5, 0.6) is 0 Å². The van der Waals surface area contributed by atoms with Crippen molar-refractivity contribution in [3.05, 3.63) is 35.9 Å². The van der Waals surface area contributed by atoms with Crippen LogP contribution >= 0.6 is 0 Å². The molecular formula is C23H38N2O7Si. The lowest BCUT2D eigenvalue weighted by atomic mass is 10.1. The third kappa shape index (κ3) is 9.53. The largest absolute Gasteiger partial charge is 0.467 e. The molecule has 3 N–H and O–H groups in total. The fourth-order valence-corrected chi connectivity index (χ4v) is 3.66. The van der Waals surface area contributed by atoms with Crippen molar-refractivity contribution >= 4 is 26.3 Å². The third-order valence-corrected chi connectivity index (χ3v) is 10.3. The number of amides is 2. The topological polar surface area (TPSA) is 123 Å². The Bertz CT molecular complexity index is 779. The average molecular weight is 483 g/mol. The van der Waals surface area contributed by atoms with E-state index in [0.29, 0.717) is 0 Å². The first-order valence-electron chi connectivity index (χ1n) is 11.0. The van der Waals surface area contributed by atoms with Crippen molar-refractivity contribution in [3.63, 3.8) is 0 Å². The van der Waals surface area contributed by atoms with Crippen molar-refractivity contribution in [1.29, 1.82) is 0 Å². The first-order valence-corrected chi connectivity index (χ1v) is 13.9. The standard InChI is InChI=1S/C23H38N2O7Si/c1-16(26)19(25-22(29)31-15-17-11-9-8-10-12-17)20(27)24-18(21(28)30-5)13-14-32-33(6,7)23(2,3)4/h8-12,16,18-19,26H,13-15H2,1-7H3,(H,24,27)(H,25,29)/t16-,18-,19+/m1/s1. The zero-order valence-electron chi connectivity index (χ0n) is 20.6. The summed E-state index contributed by atoms with van der Waals surface area (Å²) >= 11 is 0. The van der Waals surface area contributed by atoms with Gasteiger partial charge < -0.3 is 29.6 Å². The zero-order valence-corrected chi connectivity index (χ0v) is 21.6. The van der Waals surface area contributed by atoms with Gasteiger partial charge in [-0.2, -0.15) is 0 Å². The summed E-state index contributed by atoms with van der Waals surface area (Å²) in [6.45, 7) is 12.1. The molecule has 0 aliphatic rings. The van der Waals surface area contributed by atoms with Gasteiger partial charge in [-0.25, -0.2) is 9.59 Å². The lowest BCUT2D eigenvalue weighted by Gasteiger charge is -2.36. The van der Waals surface area contributed by atoms with E-state index in [1.165, 1.54) is 14.0 Å². The Morgan fingerprint density at radius 2 is 1.70 bits per heavy atom. The molecule has 0 saturated heterocycles. The lowest BCUT2D eigenvalue weighted by molar-refractivity contribution is -0.146. The van der Waals surface area contributed by atoms with Crippen LogP contribution in [0.25, 0.3) is 0 Å². The monoisotopic (exact) mass is 482 g/mol. The van der Waals surface area contributed by atoms with Gasteiger partial charge >= 0.3 is 12.1 Å². The molecule has 3 atom stereocenters. The van der Waals surface area contributed by atoms with Crippen molar-refractivity contribution in [2.45, 2.75) is 77.0 Å². The van der Waals surface area contributed by atoms with Crippen LogP contribution in [0, 0.1) is 0 Å². The summed E-state index contributed by atoms with van der Waals surface area (Å²) in [5.41, 5.74) is 0.776. The molecule has 186 valence electrons. The van der Waals surface area contributed by atoms with Crippen LogP contribution in [0.15, 0.2) is 30.3 Å². The van der Waals surface area contributed by atoms with Gasteiger partial charge in [-0.1, -0.05) is 51.1 Å². The van der Waals surface area contributed by atoms with Gasteiger partial charge in [0.05, 0.1) is 13.2 Å². The number of aliphatic hydroxyl groups excluding tert-OH is 1. The van der Waals surface area contributed by atoms with Gasteiger partial charge in [0.25, 0.3) is 0 Å². The molecule has 0 spiro atoms. The molecule has 0 heterocycles. The summed E-state index contributed by atoms with van der Waals surface area (Å²) in [6, 6.07) is 6.73. The molecule has 9 nitrogen and oxygen atoms in total. The Morgan fingerprint density at radius 1 is 1.09 bits per heavy atom. The Kier molecular flexibility index (Phi) is 11.0. The van der Waals surface area contributed by atoms with Gasteiger partial charge in [-0.05, 0) is 30.6 Å². The summed E-state index contributed by atoms with van der Waals surface area (Å²) in [4.78, 5) is 37.1. The number of benzene rings is 1. The first-order chi connectivity index (χ1) is 15.3. The second-order valence-electron chi connectivity index (χ2n) is 9.41. The molecule has 10 heteroatoms. The SMILES string of the molecule is COC(=O)[C@@H](CCO[Si](C)(C)C(C)(C)C)NC(=O)[C@@H](NC(=O)OCc1ccccc1)[C@@H](C)O. The van der Waals surface area contributed by atoms with Crippen LogP contribution in [0.2, 0.25) is 18.1 Å². The highest BCUT2D eigenvalue weighted by molar-refractivity contribution is 6.74. The van der Waals surface area contributed by atoms with Gasteiger partial charge in [-0.3, -0.25) is 4.79 Å². The van der Waals surface area contributed by atoms with E-state index in [4.69, 9.17) is 13.9 Å². The van der Waals surface area contributed by atoms with Gasteiger partial charge in [0.15, 0.2) is 8.32 Å². The highest BCUT2D eigenvalue weighted by Gasteiger charge is 2.37. The molecule has 0 aliphatic heterocycles. The fourth-order valence-electron chi connectivity index (χ4n) is 2.60. The quantitative estimate of drug-likeness (QED) is 0.327. The molecule has 33 heavy (non-hydrogen) atoms. The molecule has 0 bridgehead atoms. The molecule has 2 amide bonds. The van der Waals surface area contributed by atoms with Crippen molar-refractivity contribution in [3.8, 4) is 0 Å². The molecule has 1 rings (SSSR count). The van der Waals surface area contributed by atoms with E-state index in [2.05, 4.69) is 44.5 Å². The molecule has 0 unspecified atom stereocenters. The van der Waals surface area contributed by atoms with Crippen molar-refractivity contribution in [1.82, 2.24) is 10.6 Å². The normalized spacial score (nSPS) is 14.5. The molecule has 0 saturated carbocycles. The number of methoxy groups -OCH3 is 1. The second kappa shape index (κ2) is 12.7. The maximum Gasteiger partial charge on any atom is 0.408 e. The number of alkyl carbamates (subject to hydrolysis) is 1. The number of esters is 1. The van der Waals surface area contributed by atoms with Crippen LogP contribution in [-0.2, 0) is 30.1 Å². The molecule has 0 aromatic heterocycles. The van der Waals surface area contributed by atoms with E-state index < -0.39 is 44.5 Å². The Morgan fingerprint density at radius 3 is 2.21 bits per heavy atom. The number of ether oxygens (including phenoxy) is 2. The van der Waals surface area contributed by atoms with E-state index in [0.717, 1.165) is 5.56 Å².